The number of piperidine rings is 1. The summed E-state index contributed by atoms with van der Waals surface area (Å²) in [5.74, 6) is 0.748. The molecule has 2 atom stereocenters. The van der Waals surface area contributed by atoms with Crippen LogP contribution in [0.1, 0.15) is 56.9 Å². The van der Waals surface area contributed by atoms with Crippen molar-refractivity contribution in [2.24, 2.45) is 17.1 Å². The summed E-state index contributed by atoms with van der Waals surface area (Å²) >= 11 is 0. The van der Waals surface area contributed by atoms with Crippen molar-refractivity contribution in [2.75, 3.05) is 6.54 Å². The molecule has 0 bridgehead atoms. The highest BCUT2D eigenvalue weighted by molar-refractivity contribution is 5.83. The minimum Gasteiger partial charge on any atom is -0.339 e. The van der Waals surface area contributed by atoms with Crippen LogP contribution in [0, 0.1) is 11.3 Å². The average Bonchev–Trinajstić information content (AvgIpc) is 3.31. The number of carbonyl (C=O) groups is 1. The molecule has 24 heavy (non-hydrogen) atoms. The molecule has 0 radical (unpaired) electrons. The van der Waals surface area contributed by atoms with Crippen molar-refractivity contribution >= 4 is 5.91 Å². The number of nitrogens with two attached hydrogens (primary N) is 1. The Morgan fingerprint density at radius 3 is 2.71 bits per heavy atom. The third-order valence-electron chi connectivity index (χ3n) is 6.58. The first-order valence-corrected chi connectivity index (χ1v) is 9.78. The van der Waals surface area contributed by atoms with Crippen LogP contribution in [-0.4, -0.2) is 29.4 Å². The lowest BCUT2D eigenvalue weighted by molar-refractivity contribution is -0.138. The normalized spacial score (nSPS) is 34.9. The predicted octanol–water partition coefficient (Wildman–Crippen LogP) is 3.52. The Kier molecular flexibility index (Phi) is 4.38. The summed E-state index contributed by atoms with van der Waals surface area (Å²) in [4.78, 5) is 15.3. The maximum absolute atomic E-state index is 13.0. The van der Waals surface area contributed by atoms with Crippen LogP contribution in [0.4, 0.5) is 0 Å². The van der Waals surface area contributed by atoms with Crippen molar-refractivity contribution in [2.45, 2.75) is 69.9 Å². The van der Waals surface area contributed by atoms with E-state index in [0.717, 1.165) is 38.6 Å². The zero-order valence-electron chi connectivity index (χ0n) is 14.6. The zero-order chi connectivity index (χ0) is 16.6. The van der Waals surface area contributed by atoms with Gasteiger partial charge in [0.15, 0.2) is 0 Å². The van der Waals surface area contributed by atoms with Crippen molar-refractivity contribution in [3.05, 3.63) is 35.9 Å². The van der Waals surface area contributed by atoms with Gasteiger partial charge in [-0.2, -0.15) is 0 Å². The molecule has 3 nitrogen and oxygen atoms in total. The molecule has 1 aliphatic heterocycles. The molecule has 2 unspecified atom stereocenters. The van der Waals surface area contributed by atoms with Gasteiger partial charge in [0.25, 0.3) is 0 Å². The number of benzene rings is 1. The van der Waals surface area contributed by atoms with E-state index in [-0.39, 0.29) is 0 Å². The molecule has 1 amide bonds. The van der Waals surface area contributed by atoms with Crippen molar-refractivity contribution in [3.8, 4) is 0 Å². The van der Waals surface area contributed by atoms with E-state index in [2.05, 4.69) is 35.2 Å². The second kappa shape index (κ2) is 6.51. The number of likely N-dealkylation sites (tertiary alicyclic amines) is 1. The smallest absolute Gasteiger partial charge is 0.226 e. The Morgan fingerprint density at radius 2 is 1.96 bits per heavy atom. The van der Waals surface area contributed by atoms with Crippen molar-refractivity contribution in [1.29, 1.82) is 0 Å². The summed E-state index contributed by atoms with van der Waals surface area (Å²) in [7, 11) is 0. The van der Waals surface area contributed by atoms with Gasteiger partial charge in [0.05, 0.1) is 0 Å². The van der Waals surface area contributed by atoms with Crippen molar-refractivity contribution in [3.63, 3.8) is 0 Å². The molecule has 1 saturated heterocycles. The molecule has 2 saturated carbocycles. The van der Waals surface area contributed by atoms with Gasteiger partial charge >= 0.3 is 0 Å². The maximum atomic E-state index is 13.0. The van der Waals surface area contributed by atoms with Crippen LogP contribution < -0.4 is 5.73 Å². The summed E-state index contributed by atoms with van der Waals surface area (Å²) < 4.78 is 0. The van der Waals surface area contributed by atoms with Gasteiger partial charge in [-0.1, -0.05) is 30.3 Å². The molecule has 4 rings (SSSR count). The molecule has 2 N–H and O–H groups in total. The first-order chi connectivity index (χ1) is 11.7. The highest BCUT2D eigenvalue weighted by Crippen LogP contribution is 2.65. The van der Waals surface area contributed by atoms with Crippen LogP contribution >= 0.6 is 0 Å². The number of hydrogen-bond donors (Lipinski definition) is 1. The van der Waals surface area contributed by atoms with E-state index < -0.39 is 0 Å². The van der Waals surface area contributed by atoms with Gasteiger partial charge in [0.1, 0.15) is 0 Å². The molecule has 130 valence electrons. The molecule has 1 aromatic rings. The highest BCUT2D eigenvalue weighted by Gasteiger charge is 2.64. The number of aryl methyl sites for hydroxylation is 1. The summed E-state index contributed by atoms with van der Waals surface area (Å²) in [6.07, 6.45) is 10.4. The van der Waals surface area contributed by atoms with E-state index in [1.54, 1.807) is 0 Å². The molecule has 3 fully saturated rings. The van der Waals surface area contributed by atoms with E-state index in [9.17, 15) is 4.79 Å². The first-order valence-electron chi connectivity index (χ1n) is 9.78. The first kappa shape index (κ1) is 16.1. The Hall–Kier alpha value is -1.35. The van der Waals surface area contributed by atoms with Gasteiger partial charge in [-0.25, -0.2) is 0 Å². The lowest BCUT2D eigenvalue weighted by atomic mass is 9.75. The van der Waals surface area contributed by atoms with Gasteiger partial charge in [-0.3, -0.25) is 4.79 Å². The number of carbonyl (C=O) groups excluding carboxylic acids is 1. The number of hydrogen-bond acceptors (Lipinski definition) is 2. The fourth-order valence-electron chi connectivity index (χ4n) is 5.11. The van der Waals surface area contributed by atoms with Crippen molar-refractivity contribution in [1.82, 2.24) is 4.90 Å². The molecular weight excluding hydrogens is 296 g/mol. The monoisotopic (exact) mass is 326 g/mol. The number of amides is 1. The largest absolute Gasteiger partial charge is 0.339 e. The fraction of sp³-hybridized carbons (Fsp3) is 0.667. The van der Waals surface area contributed by atoms with E-state index in [1.165, 1.54) is 31.2 Å². The number of rotatable bonds is 5. The Bertz CT molecular complexity index is 579. The van der Waals surface area contributed by atoms with Crippen LogP contribution in [0.15, 0.2) is 30.3 Å². The van der Waals surface area contributed by atoms with Gasteiger partial charge < -0.3 is 10.6 Å². The third-order valence-corrected chi connectivity index (χ3v) is 6.58. The van der Waals surface area contributed by atoms with Crippen LogP contribution in [0.5, 0.6) is 0 Å². The van der Waals surface area contributed by atoms with E-state index in [4.69, 9.17) is 5.73 Å². The lowest BCUT2D eigenvalue weighted by Gasteiger charge is -2.39. The topological polar surface area (TPSA) is 46.3 Å². The van der Waals surface area contributed by atoms with Crippen LogP contribution in [0.25, 0.3) is 0 Å². The van der Waals surface area contributed by atoms with Crippen LogP contribution in [0.2, 0.25) is 0 Å². The summed E-state index contributed by atoms with van der Waals surface area (Å²) in [6.45, 7) is 0.980. The second-order valence-electron chi connectivity index (χ2n) is 8.35. The summed E-state index contributed by atoms with van der Waals surface area (Å²) in [5.41, 5.74) is 7.69. The fourth-order valence-corrected chi connectivity index (χ4v) is 5.11. The molecular formula is C21H30N2O. The molecule has 3 heteroatoms. The minimum atomic E-state index is 0.298. The Balaban J connectivity index is 1.31. The second-order valence-corrected chi connectivity index (χ2v) is 8.35. The van der Waals surface area contributed by atoms with Gasteiger partial charge in [-0.15, -0.1) is 0 Å². The minimum absolute atomic E-state index is 0.298. The molecule has 1 spiro atoms. The molecule has 0 aromatic heterocycles. The summed E-state index contributed by atoms with van der Waals surface area (Å²) in [6, 6.07) is 11.5. The quantitative estimate of drug-likeness (QED) is 0.900. The van der Waals surface area contributed by atoms with E-state index in [0.29, 0.717) is 29.3 Å². The summed E-state index contributed by atoms with van der Waals surface area (Å²) in [5, 5.41) is 0. The van der Waals surface area contributed by atoms with Crippen LogP contribution in [-0.2, 0) is 11.2 Å². The highest BCUT2D eigenvalue weighted by atomic mass is 16.2. The van der Waals surface area contributed by atoms with Gasteiger partial charge in [0, 0.05) is 24.5 Å². The SMILES string of the molecule is NC1CC2(C1)CC2C(=O)N1CCCCC1CCCc1ccccc1. The molecule has 1 heterocycles. The third kappa shape index (κ3) is 3.11. The molecule has 1 aromatic carbocycles. The predicted molar refractivity (Wildman–Crippen MR) is 96.5 cm³/mol. The standard InChI is InChI=1S/C21H30N2O/c22-17-13-21(14-17)15-19(21)20(24)23-12-5-4-10-18(23)11-6-9-16-7-2-1-3-8-16/h1-3,7-8,17-19H,4-6,9-15,22H2. The molecule has 3 aliphatic rings. The van der Waals surface area contributed by atoms with E-state index in [1.807, 2.05) is 0 Å². The van der Waals surface area contributed by atoms with Gasteiger partial charge in [-0.05, 0) is 68.8 Å². The van der Waals surface area contributed by atoms with E-state index >= 15 is 0 Å². The molecule has 2 aliphatic carbocycles. The zero-order valence-corrected chi connectivity index (χ0v) is 14.6. The Morgan fingerprint density at radius 1 is 1.17 bits per heavy atom. The van der Waals surface area contributed by atoms with Crippen LogP contribution in [0.3, 0.4) is 0 Å². The van der Waals surface area contributed by atoms with Crippen molar-refractivity contribution < 1.29 is 4.79 Å². The Labute approximate surface area is 145 Å². The maximum Gasteiger partial charge on any atom is 0.226 e. The average molecular weight is 326 g/mol. The van der Waals surface area contributed by atoms with Gasteiger partial charge in [0.2, 0.25) is 5.91 Å². The number of nitrogens with zero attached hydrogens (tertiary/aromatic N) is 1. The lowest BCUT2D eigenvalue weighted by Crippen LogP contribution is -2.47.